The number of halogens is 2. The number of aryl methyl sites for hydroxylation is 1. The van der Waals surface area contributed by atoms with E-state index in [0.717, 1.165) is 6.07 Å². The molecule has 1 aromatic rings. The van der Waals surface area contributed by atoms with Crippen LogP contribution in [0, 0.1) is 12.7 Å². The van der Waals surface area contributed by atoms with E-state index in [1.165, 1.54) is 19.1 Å². The molecule has 0 amide bonds. The van der Waals surface area contributed by atoms with Crippen molar-refractivity contribution in [2.45, 2.75) is 6.92 Å². The van der Waals surface area contributed by atoms with Crippen LogP contribution in [0.2, 0.25) is 0 Å². The van der Waals surface area contributed by atoms with Crippen molar-refractivity contribution >= 4 is 7.91 Å². The number of benzene rings is 1. The lowest BCUT2D eigenvalue weighted by Gasteiger charge is -2.06. The van der Waals surface area contributed by atoms with Crippen LogP contribution < -0.4 is 4.52 Å². The van der Waals surface area contributed by atoms with Crippen molar-refractivity contribution < 1.29 is 22.6 Å². The Morgan fingerprint density at radius 2 is 2.15 bits per heavy atom. The second kappa shape index (κ2) is 3.44. The van der Waals surface area contributed by atoms with E-state index in [0.29, 0.717) is 0 Å². The van der Waals surface area contributed by atoms with E-state index in [4.69, 9.17) is 4.89 Å². The smallest absolute Gasteiger partial charge is 0.398 e. The van der Waals surface area contributed by atoms with Gasteiger partial charge in [0.15, 0.2) is 11.6 Å². The quantitative estimate of drug-likeness (QED) is 0.759. The van der Waals surface area contributed by atoms with E-state index >= 15 is 0 Å². The van der Waals surface area contributed by atoms with E-state index < -0.39 is 19.5 Å². The van der Waals surface area contributed by atoms with Crippen molar-refractivity contribution in [3.8, 4) is 5.75 Å². The fourth-order valence-electron chi connectivity index (χ4n) is 0.812. The van der Waals surface area contributed by atoms with Gasteiger partial charge < -0.3 is 4.52 Å². The topological polar surface area (TPSA) is 46.5 Å². The molecule has 13 heavy (non-hydrogen) atoms. The molecule has 0 heterocycles. The standard InChI is InChI=1S/C7H7F2O3P/c1-5-3-2-4-6(7(5)8)12-13(9,10)11/h2-4H,1H3,(H,10,11). The Labute approximate surface area is 73.6 Å². The zero-order valence-corrected chi connectivity index (χ0v) is 7.59. The van der Waals surface area contributed by atoms with Crippen LogP contribution in [-0.4, -0.2) is 4.89 Å². The average molecular weight is 208 g/mol. The second-order valence-electron chi connectivity index (χ2n) is 2.43. The van der Waals surface area contributed by atoms with Gasteiger partial charge in [0.05, 0.1) is 0 Å². The third-order valence-electron chi connectivity index (χ3n) is 1.37. The van der Waals surface area contributed by atoms with Crippen LogP contribution in [0.5, 0.6) is 5.75 Å². The van der Waals surface area contributed by atoms with Crippen molar-refractivity contribution in [3.63, 3.8) is 0 Å². The van der Waals surface area contributed by atoms with Gasteiger partial charge in [-0.1, -0.05) is 12.1 Å². The normalized spacial score (nSPS) is 15.1. The maximum absolute atomic E-state index is 13.0. The monoisotopic (exact) mass is 208 g/mol. The lowest BCUT2D eigenvalue weighted by atomic mass is 10.2. The summed E-state index contributed by atoms with van der Waals surface area (Å²) in [6.45, 7) is 1.43. The Hall–Kier alpha value is -0.930. The zero-order valence-electron chi connectivity index (χ0n) is 6.70. The molecule has 0 aromatic heterocycles. The first-order chi connectivity index (χ1) is 5.90. The predicted octanol–water partition coefficient (Wildman–Crippen LogP) is 2.58. The van der Waals surface area contributed by atoms with Gasteiger partial charge in [-0.2, -0.15) is 0 Å². The molecule has 1 aromatic carbocycles. The summed E-state index contributed by atoms with van der Waals surface area (Å²) in [5, 5.41) is 0. The Morgan fingerprint density at radius 1 is 1.54 bits per heavy atom. The Balaban J connectivity index is 3.03. The highest BCUT2D eigenvalue weighted by Crippen LogP contribution is 2.44. The van der Waals surface area contributed by atoms with E-state index in [-0.39, 0.29) is 5.56 Å². The molecule has 0 bridgehead atoms. The maximum Gasteiger partial charge on any atom is 0.567 e. The Morgan fingerprint density at radius 3 is 2.69 bits per heavy atom. The van der Waals surface area contributed by atoms with Gasteiger partial charge in [-0.3, -0.25) is 4.89 Å². The Bertz CT molecular complexity index is 361. The van der Waals surface area contributed by atoms with Crippen LogP contribution in [0.15, 0.2) is 18.2 Å². The summed E-state index contributed by atoms with van der Waals surface area (Å²) in [6.07, 6.45) is 0. The highest BCUT2D eigenvalue weighted by molar-refractivity contribution is 7.47. The van der Waals surface area contributed by atoms with E-state index in [1.807, 2.05) is 0 Å². The van der Waals surface area contributed by atoms with Crippen molar-refractivity contribution in [3.05, 3.63) is 29.6 Å². The van der Waals surface area contributed by atoms with Gasteiger partial charge in [0, 0.05) is 0 Å². The molecule has 0 aliphatic carbocycles. The van der Waals surface area contributed by atoms with Gasteiger partial charge in [-0.05, 0) is 18.6 Å². The fourth-order valence-corrected chi connectivity index (χ4v) is 1.20. The minimum absolute atomic E-state index is 0.214. The largest absolute Gasteiger partial charge is 0.567 e. The van der Waals surface area contributed by atoms with Crippen molar-refractivity contribution in [2.24, 2.45) is 0 Å². The molecule has 6 heteroatoms. The highest BCUT2D eigenvalue weighted by atomic mass is 31.2. The summed E-state index contributed by atoms with van der Waals surface area (Å²) < 4.78 is 39.1. The molecule has 0 saturated carbocycles. The molecule has 0 spiro atoms. The molecular formula is C7H7F2O3P. The van der Waals surface area contributed by atoms with Gasteiger partial charge in [0.2, 0.25) is 0 Å². The molecule has 0 radical (unpaired) electrons. The summed E-state index contributed by atoms with van der Waals surface area (Å²) in [5.41, 5.74) is 0.214. The number of rotatable bonds is 2. The van der Waals surface area contributed by atoms with Gasteiger partial charge in [0.25, 0.3) is 0 Å². The fraction of sp³-hybridized carbons (Fsp3) is 0.143. The molecule has 0 fully saturated rings. The Kier molecular flexibility index (Phi) is 2.68. The van der Waals surface area contributed by atoms with E-state index in [1.54, 1.807) is 0 Å². The molecule has 0 saturated heterocycles. The van der Waals surface area contributed by atoms with Crippen molar-refractivity contribution in [2.75, 3.05) is 0 Å². The summed E-state index contributed by atoms with van der Waals surface area (Å²) in [5.74, 6) is -1.40. The van der Waals surface area contributed by atoms with Gasteiger partial charge in [-0.15, -0.1) is 4.20 Å². The maximum atomic E-state index is 13.0. The van der Waals surface area contributed by atoms with Crippen LogP contribution in [0.25, 0.3) is 0 Å². The van der Waals surface area contributed by atoms with Gasteiger partial charge in [-0.25, -0.2) is 8.96 Å². The molecule has 0 aliphatic rings. The van der Waals surface area contributed by atoms with Crippen LogP contribution in [0.1, 0.15) is 5.56 Å². The minimum atomic E-state index is -5.17. The predicted molar refractivity (Wildman–Crippen MR) is 42.7 cm³/mol. The zero-order chi connectivity index (χ0) is 10.1. The van der Waals surface area contributed by atoms with Crippen LogP contribution in [-0.2, 0) is 4.57 Å². The van der Waals surface area contributed by atoms with Crippen molar-refractivity contribution in [1.82, 2.24) is 0 Å². The van der Waals surface area contributed by atoms with E-state index in [2.05, 4.69) is 4.52 Å². The van der Waals surface area contributed by atoms with Crippen LogP contribution in [0.3, 0.4) is 0 Å². The van der Waals surface area contributed by atoms with Gasteiger partial charge in [0.1, 0.15) is 0 Å². The molecule has 1 rings (SSSR count). The summed E-state index contributed by atoms with van der Waals surface area (Å²) in [7, 11) is -5.17. The summed E-state index contributed by atoms with van der Waals surface area (Å²) >= 11 is 0. The van der Waals surface area contributed by atoms with Crippen LogP contribution >= 0.6 is 7.91 Å². The van der Waals surface area contributed by atoms with E-state index in [9.17, 15) is 13.2 Å². The van der Waals surface area contributed by atoms with Crippen LogP contribution in [0.4, 0.5) is 8.59 Å². The number of hydrogen-bond donors (Lipinski definition) is 1. The molecule has 1 N–H and O–H groups in total. The lowest BCUT2D eigenvalue weighted by Crippen LogP contribution is -1.91. The average Bonchev–Trinajstić information content (AvgIpc) is 1.96. The SMILES string of the molecule is Cc1cccc(OP(=O)(O)F)c1F. The molecule has 3 nitrogen and oxygen atoms in total. The first-order valence-corrected chi connectivity index (χ1v) is 4.84. The lowest BCUT2D eigenvalue weighted by molar-refractivity contribution is 0.323. The second-order valence-corrected chi connectivity index (χ2v) is 3.52. The molecule has 72 valence electrons. The summed E-state index contributed by atoms with van der Waals surface area (Å²) in [6, 6.07) is 3.90. The molecule has 1 unspecified atom stereocenters. The molecule has 1 atom stereocenters. The first kappa shape index (κ1) is 10.2. The minimum Gasteiger partial charge on any atom is -0.398 e. The third kappa shape index (κ3) is 2.79. The molecular weight excluding hydrogens is 201 g/mol. The number of hydrogen-bond acceptors (Lipinski definition) is 2. The molecule has 0 aliphatic heterocycles. The van der Waals surface area contributed by atoms with Crippen molar-refractivity contribution in [1.29, 1.82) is 0 Å². The van der Waals surface area contributed by atoms with Gasteiger partial charge >= 0.3 is 7.91 Å². The third-order valence-corrected chi connectivity index (χ3v) is 1.79. The highest BCUT2D eigenvalue weighted by Gasteiger charge is 2.21. The first-order valence-electron chi connectivity index (χ1n) is 3.37. The summed E-state index contributed by atoms with van der Waals surface area (Å²) in [4.78, 5) is 8.19.